The first-order chi connectivity index (χ1) is 10.8. The van der Waals surface area contributed by atoms with Gasteiger partial charge in [0.05, 0.1) is 10.6 Å². The number of anilines is 2. The molecule has 0 aromatic heterocycles. The quantitative estimate of drug-likeness (QED) is 0.513. The van der Waals surface area contributed by atoms with Crippen LogP contribution in [0.3, 0.4) is 0 Å². The summed E-state index contributed by atoms with van der Waals surface area (Å²) in [6.45, 7) is -1.33. The van der Waals surface area contributed by atoms with Crippen LogP contribution >= 0.6 is 27.5 Å². The molecule has 0 amide bonds. The molecule has 0 fully saturated rings. The van der Waals surface area contributed by atoms with Gasteiger partial charge in [-0.15, -0.1) is 0 Å². The molecular weight excluding hydrogens is 398 g/mol. The molecule has 0 heterocycles. The number of nitrogens with zero attached hydrogens (tertiary/aromatic N) is 1. The van der Waals surface area contributed by atoms with Crippen LogP contribution in [0.25, 0.3) is 0 Å². The standard InChI is InChI=1S/C14H10BrClF2N2O3/c1-7-4-9(15)13(12(5-7)23-14(17)18)19-10-6-8(16)2-3-11(10)20(21)22/h2-6,14,19H,1H3. The van der Waals surface area contributed by atoms with Gasteiger partial charge >= 0.3 is 6.61 Å². The zero-order chi connectivity index (χ0) is 17.1. The predicted octanol–water partition coefficient (Wildman–Crippen LogP) is 5.66. The van der Waals surface area contributed by atoms with E-state index in [1.54, 1.807) is 13.0 Å². The summed E-state index contributed by atoms with van der Waals surface area (Å²) >= 11 is 9.09. The fraction of sp³-hybridized carbons (Fsp3) is 0.143. The minimum absolute atomic E-state index is 0.0613. The molecular formula is C14H10BrClF2N2O3. The minimum Gasteiger partial charge on any atom is -0.433 e. The van der Waals surface area contributed by atoms with E-state index < -0.39 is 11.5 Å². The van der Waals surface area contributed by atoms with E-state index in [1.807, 2.05) is 0 Å². The van der Waals surface area contributed by atoms with Gasteiger partial charge in [0, 0.05) is 15.6 Å². The lowest BCUT2D eigenvalue weighted by atomic mass is 10.2. The zero-order valence-corrected chi connectivity index (χ0v) is 14.0. The number of aryl methyl sites for hydroxylation is 1. The maximum absolute atomic E-state index is 12.6. The fourth-order valence-corrected chi connectivity index (χ4v) is 2.75. The van der Waals surface area contributed by atoms with Crippen molar-refractivity contribution in [1.82, 2.24) is 0 Å². The van der Waals surface area contributed by atoms with Crippen LogP contribution in [0.15, 0.2) is 34.8 Å². The fourth-order valence-electron chi connectivity index (χ4n) is 1.92. The lowest BCUT2D eigenvalue weighted by Crippen LogP contribution is -2.06. The summed E-state index contributed by atoms with van der Waals surface area (Å²) in [4.78, 5) is 10.5. The van der Waals surface area contributed by atoms with Gasteiger partial charge < -0.3 is 10.1 Å². The number of alkyl halides is 2. The van der Waals surface area contributed by atoms with Crippen molar-refractivity contribution in [3.63, 3.8) is 0 Å². The van der Waals surface area contributed by atoms with Gasteiger partial charge in [-0.1, -0.05) is 11.6 Å². The van der Waals surface area contributed by atoms with Gasteiger partial charge in [-0.2, -0.15) is 8.78 Å². The van der Waals surface area contributed by atoms with E-state index >= 15 is 0 Å². The maximum Gasteiger partial charge on any atom is 0.387 e. The highest BCUT2D eigenvalue weighted by atomic mass is 79.9. The van der Waals surface area contributed by atoms with Crippen molar-refractivity contribution in [3.8, 4) is 5.75 Å². The average Bonchev–Trinajstić information content (AvgIpc) is 2.41. The summed E-state index contributed by atoms with van der Waals surface area (Å²) in [6, 6.07) is 6.98. The Morgan fingerprint density at radius 3 is 2.65 bits per heavy atom. The number of nitrogens with one attached hydrogen (secondary N) is 1. The van der Waals surface area contributed by atoms with Crippen LogP contribution in [0.5, 0.6) is 5.75 Å². The first-order valence-corrected chi connectivity index (χ1v) is 7.41. The predicted molar refractivity (Wildman–Crippen MR) is 86.9 cm³/mol. The van der Waals surface area contributed by atoms with E-state index in [2.05, 4.69) is 26.0 Å². The van der Waals surface area contributed by atoms with Crippen LogP contribution in [-0.2, 0) is 0 Å². The SMILES string of the molecule is Cc1cc(Br)c(Nc2cc(Cl)ccc2[N+](=O)[O-])c(OC(F)F)c1. The van der Waals surface area contributed by atoms with E-state index in [4.69, 9.17) is 11.6 Å². The summed E-state index contributed by atoms with van der Waals surface area (Å²) in [7, 11) is 0. The van der Waals surface area contributed by atoms with Crippen LogP contribution < -0.4 is 10.1 Å². The van der Waals surface area contributed by atoms with Crippen molar-refractivity contribution in [2.75, 3.05) is 5.32 Å². The van der Waals surface area contributed by atoms with E-state index in [0.29, 0.717) is 10.0 Å². The Balaban J connectivity index is 2.52. The van der Waals surface area contributed by atoms with E-state index in [9.17, 15) is 18.9 Å². The molecule has 0 aliphatic carbocycles. The lowest BCUT2D eigenvalue weighted by Gasteiger charge is -2.15. The number of nitro groups is 1. The molecule has 0 spiro atoms. The third kappa shape index (κ3) is 4.29. The topological polar surface area (TPSA) is 64.4 Å². The number of hydrogen-bond donors (Lipinski definition) is 1. The van der Waals surface area contributed by atoms with E-state index in [0.717, 1.165) is 0 Å². The van der Waals surface area contributed by atoms with Crippen molar-refractivity contribution in [3.05, 3.63) is 55.5 Å². The van der Waals surface area contributed by atoms with Crippen molar-refractivity contribution >= 4 is 44.6 Å². The summed E-state index contributed by atoms with van der Waals surface area (Å²) in [5.41, 5.74) is 0.635. The molecule has 0 unspecified atom stereocenters. The first-order valence-electron chi connectivity index (χ1n) is 6.24. The highest BCUT2D eigenvalue weighted by Crippen LogP contribution is 2.40. The van der Waals surface area contributed by atoms with Crippen LogP contribution in [0.4, 0.5) is 25.8 Å². The van der Waals surface area contributed by atoms with Gasteiger partial charge in [-0.3, -0.25) is 10.1 Å². The van der Waals surface area contributed by atoms with Gasteiger partial charge in [0.1, 0.15) is 5.69 Å². The zero-order valence-electron chi connectivity index (χ0n) is 11.6. The molecule has 5 nitrogen and oxygen atoms in total. The summed E-state index contributed by atoms with van der Waals surface area (Å²) in [6.07, 6.45) is 0. The summed E-state index contributed by atoms with van der Waals surface area (Å²) < 4.78 is 30.1. The molecule has 2 aromatic carbocycles. The molecule has 0 bridgehead atoms. The monoisotopic (exact) mass is 406 g/mol. The molecule has 0 radical (unpaired) electrons. The van der Waals surface area contributed by atoms with Gasteiger partial charge in [0.2, 0.25) is 0 Å². The van der Waals surface area contributed by atoms with Gasteiger partial charge in [-0.05, 0) is 52.7 Å². The maximum atomic E-state index is 12.6. The molecule has 0 atom stereocenters. The number of ether oxygens (including phenoxy) is 1. The molecule has 2 aromatic rings. The van der Waals surface area contributed by atoms with Crippen LogP contribution in [-0.4, -0.2) is 11.5 Å². The van der Waals surface area contributed by atoms with Gasteiger partial charge in [-0.25, -0.2) is 0 Å². The molecule has 0 saturated heterocycles. The van der Waals surface area contributed by atoms with Crippen molar-refractivity contribution < 1.29 is 18.4 Å². The molecule has 122 valence electrons. The number of rotatable bonds is 5. The van der Waals surface area contributed by atoms with Gasteiger partial charge in [0.25, 0.3) is 5.69 Å². The first kappa shape index (κ1) is 17.4. The number of nitro benzene ring substituents is 1. The Hall–Kier alpha value is -1.93. The van der Waals surface area contributed by atoms with Gasteiger partial charge in [0.15, 0.2) is 5.75 Å². The highest BCUT2D eigenvalue weighted by Gasteiger charge is 2.19. The lowest BCUT2D eigenvalue weighted by molar-refractivity contribution is -0.383. The molecule has 0 saturated carbocycles. The highest BCUT2D eigenvalue weighted by molar-refractivity contribution is 9.10. The second-order valence-corrected chi connectivity index (χ2v) is 5.83. The Morgan fingerprint density at radius 1 is 1.35 bits per heavy atom. The number of benzene rings is 2. The van der Waals surface area contributed by atoms with Crippen molar-refractivity contribution in [1.29, 1.82) is 0 Å². The third-order valence-electron chi connectivity index (χ3n) is 2.83. The second kappa shape index (κ2) is 7.10. The Morgan fingerprint density at radius 2 is 2.04 bits per heavy atom. The van der Waals surface area contributed by atoms with Crippen LogP contribution in [0.2, 0.25) is 5.02 Å². The summed E-state index contributed by atoms with van der Waals surface area (Å²) in [5, 5.41) is 14.1. The Kier molecular flexibility index (Phi) is 5.38. The van der Waals surface area contributed by atoms with E-state index in [1.165, 1.54) is 24.3 Å². The van der Waals surface area contributed by atoms with Crippen molar-refractivity contribution in [2.45, 2.75) is 13.5 Å². The second-order valence-electron chi connectivity index (χ2n) is 4.54. The largest absolute Gasteiger partial charge is 0.433 e. The normalized spacial score (nSPS) is 10.7. The Labute approximate surface area is 143 Å². The Bertz CT molecular complexity index is 759. The molecule has 0 aliphatic heterocycles. The smallest absolute Gasteiger partial charge is 0.387 e. The van der Waals surface area contributed by atoms with Crippen LogP contribution in [0.1, 0.15) is 5.56 Å². The van der Waals surface area contributed by atoms with Crippen molar-refractivity contribution in [2.24, 2.45) is 0 Å². The van der Waals surface area contributed by atoms with Crippen LogP contribution in [0, 0.1) is 17.0 Å². The molecule has 2 rings (SSSR count). The third-order valence-corrected chi connectivity index (χ3v) is 3.69. The molecule has 23 heavy (non-hydrogen) atoms. The summed E-state index contributed by atoms with van der Waals surface area (Å²) in [5.74, 6) is -0.138. The molecule has 9 heteroatoms. The van der Waals surface area contributed by atoms with E-state index in [-0.39, 0.29) is 27.8 Å². The number of hydrogen-bond acceptors (Lipinski definition) is 4. The molecule has 0 aliphatic rings. The average molecular weight is 408 g/mol. The minimum atomic E-state index is -3.03. The molecule has 1 N–H and O–H groups in total. The number of halogens is 4.